The first-order valence-corrected chi connectivity index (χ1v) is 6.24. The predicted molar refractivity (Wildman–Crippen MR) is 72.2 cm³/mol. The maximum Gasteiger partial charge on any atom is 0.333 e. The van der Waals surface area contributed by atoms with E-state index in [4.69, 9.17) is 9.84 Å². The van der Waals surface area contributed by atoms with Crippen LogP contribution < -0.4 is 9.64 Å². The van der Waals surface area contributed by atoms with Crippen LogP contribution in [0.4, 0.5) is 11.4 Å². The largest absolute Gasteiger partial charge is 0.490 e. The molecule has 1 heterocycles. The molecule has 0 amide bonds. The van der Waals surface area contributed by atoms with Gasteiger partial charge >= 0.3 is 11.7 Å². The normalized spacial score (nSPS) is 16.4. The Hall–Kier alpha value is -2.31. The van der Waals surface area contributed by atoms with E-state index in [1.165, 1.54) is 7.11 Å². The second kappa shape index (κ2) is 5.36. The highest BCUT2D eigenvalue weighted by molar-refractivity contribution is 5.73. The zero-order valence-corrected chi connectivity index (χ0v) is 11.3. The molecule has 0 saturated carbocycles. The van der Waals surface area contributed by atoms with Crippen LogP contribution in [0.3, 0.4) is 0 Å². The topological polar surface area (TPSA) is 92.9 Å². The third kappa shape index (κ3) is 2.38. The van der Waals surface area contributed by atoms with E-state index in [0.29, 0.717) is 18.8 Å². The lowest BCUT2D eigenvalue weighted by Crippen LogP contribution is -2.51. The third-order valence-electron chi connectivity index (χ3n) is 3.73. The number of benzene rings is 1. The summed E-state index contributed by atoms with van der Waals surface area (Å²) in [6, 6.07) is 4.89. The van der Waals surface area contributed by atoms with Gasteiger partial charge in [-0.1, -0.05) is 13.0 Å². The summed E-state index contributed by atoms with van der Waals surface area (Å²) in [7, 11) is 1.39. The molecular formula is C13H16N2O5. The number of nitro benzene ring substituents is 1. The van der Waals surface area contributed by atoms with Gasteiger partial charge < -0.3 is 14.7 Å². The number of ether oxygens (including phenoxy) is 1. The first-order chi connectivity index (χ1) is 9.45. The molecule has 0 spiro atoms. The molecule has 7 nitrogen and oxygen atoms in total. The number of hydrogen-bond donors (Lipinski definition) is 1. The van der Waals surface area contributed by atoms with Gasteiger partial charge in [0, 0.05) is 19.0 Å². The summed E-state index contributed by atoms with van der Waals surface area (Å²) in [5.41, 5.74) is 0.402. The van der Waals surface area contributed by atoms with Crippen molar-refractivity contribution in [3.05, 3.63) is 28.3 Å². The molecule has 20 heavy (non-hydrogen) atoms. The Morgan fingerprint density at radius 3 is 2.70 bits per heavy atom. The SMILES string of the molecule is COc1cccc(N2CC(C(C)C(=O)O)C2)c1[N+](=O)[O-]. The number of hydrogen-bond acceptors (Lipinski definition) is 5. The molecule has 0 radical (unpaired) electrons. The molecule has 0 aromatic heterocycles. The molecule has 2 rings (SSSR count). The summed E-state index contributed by atoms with van der Waals surface area (Å²) < 4.78 is 5.02. The minimum Gasteiger partial charge on any atom is -0.490 e. The fourth-order valence-corrected chi connectivity index (χ4v) is 2.34. The van der Waals surface area contributed by atoms with E-state index < -0.39 is 16.8 Å². The number of rotatable bonds is 5. The maximum atomic E-state index is 11.2. The minimum atomic E-state index is -0.838. The summed E-state index contributed by atoms with van der Waals surface area (Å²) in [4.78, 5) is 23.4. The van der Waals surface area contributed by atoms with Gasteiger partial charge in [0.15, 0.2) is 5.75 Å². The molecule has 1 aliphatic heterocycles. The molecule has 0 aliphatic carbocycles. The van der Waals surface area contributed by atoms with E-state index in [1.54, 1.807) is 25.1 Å². The molecule has 1 aromatic rings. The predicted octanol–water partition coefficient (Wildman–Crippen LogP) is 1.76. The van der Waals surface area contributed by atoms with Crippen molar-refractivity contribution in [2.75, 3.05) is 25.1 Å². The van der Waals surface area contributed by atoms with Gasteiger partial charge in [0.2, 0.25) is 0 Å². The molecule has 1 unspecified atom stereocenters. The van der Waals surface area contributed by atoms with Gasteiger partial charge in [-0.15, -0.1) is 0 Å². The second-order valence-corrected chi connectivity index (χ2v) is 4.88. The molecule has 1 atom stereocenters. The Balaban J connectivity index is 2.20. The van der Waals surface area contributed by atoms with E-state index >= 15 is 0 Å². The lowest BCUT2D eigenvalue weighted by atomic mass is 9.86. The highest BCUT2D eigenvalue weighted by Gasteiger charge is 2.38. The molecular weight excluding hydrogens is 264 g/mol. The van der Waals surface area contributed by atoms with Crippen molar-refractivity contribution in [1.29, 1.82) is 0 Å². The summed E-state index contributed by atoms with van der Waals surface area (Å²) >= 11 is 0. The van der Waals surface area contributed by atoms with Gasteiger partial charge in [0.05, 0.1) is 18.0 Å². The zero-order chi connectivity index (χ0) is 14.9. The third-order valence-corrected chi connectivity index (χ3v) is 3.73. The van der Waals surface area contributed by atoms with E-state index in [1.807, 2.05) is 4.90 Å². The fraction of sp³-hybridized carbons (Fsp3) is 0.462. The molecule has 1 aliphatic rings. The van der Waals surface area contributed by atoms with Gasteiger partial charge in [-0.25, -0.2) is 0 Å². The Morgan fingerprint density at radius 1 is 1.55 bits per heavy atom. The van der Waals surface area contributed by atoms with Crippen LogP contribution in [0.25, 0.3) is 0 Å². The van der Waals surface area contributed by atoms with E-state index in [-0.39, 0.29) is 17.4 Å². The summed E-state index contributed by atoms with van der Waals surface area (Å²) in [6.45, 7) is 2.66. The summed E-state index contributed by atoms with van der Waals surface area (Å²) in [6.07, 6.45) is 0. The van der Waals surface area contributed by atoms with Crippen LogP contribution in [-0.2, 0) is 4.79 Å². The van der Waals surface area contributed by atoms with Crippen molar-refractivity contribution in [2.45, 2.75) is 6.92 Å². The van der Waals surface area contributed by atoms with Crippen LogP contribution in [0.1, 0.15) is 6.92 Å². The lowest BCUT2D eigenvalue weighted by Gasteiger charge is -2.42. The summed E-state index contributed by atoms with van der Waals surface area (Å²) in [5.74, 6) is -1.06. The van der Waals surface area contributed by atoms with Crippen molar-refractivity contribution < 1.29 is 19.6 Å². The van der Waals surface area contributed by atoms with Gasteiger partial charge in [-0.05, 0) is 12.1 Å². The van der Waals surface area contributed by atoms with Crippen LogP contribution in [0.2, 0.25) is 0 Å². The van der Waals surface area contributed by atoms with Crippen molar-refractivity contribution in [3.8, 4) is 5.75 Å². The van der Waals surface area contributed by atoms with E-state index in [2.05, 4.69) is 0 Å². The number of carboxylic acids is 1. The van der Waals surface area contributed by atoms with Crippen LogP contribution in [-0.4, -0.2) is 36.2 Å². The van der Waals surface area contributed by atoms with Crippen molar-refractivity contribution in [2.24, 2.45) is 11.8 Å². The molecule has 1 saturated heterocycles. The quantitative estimate of drug-likeness (QED) is 0.652. The van der Waals surface area contributed by atoms with Crippen molar-refractivity contribution in [3.63, 3.8) is 0 Å². The monoisotopic (exact) mass is 280 g/mol. The zero-order valence-electron chi connectivity index (χ0n) is 11.3. The average molecular weight is 280 g/mol. The number of anilines is 1. The maximum absolute atomic E-state index is 11.2. The fourth-order valence-electron chi connectivity index (χ4n) is 2.34. The summed E-state index contributed by atoms with van der Waals surface area (Å²) in [5, 5.41) is 20.1. The van der Waals surface area contributed by atoms with E-state index in [0.717, 1.165) is 0 Å². The number of carboxylic acid groups (broad SMARTS) is 1. The molecule has 0 bridgehead atoms. The molecule has 1 N–H and O–H groups in total. The minimum absolute atomic E-state index is 0.0123. The van der Waals surface area contributed by atoms with Gasteiger partial charge in [-0.2, -0.15) is 0 Å². The van der Waals surface area contributed by atoms with Gasteiger partial charge in [-0.3, -0.25) is 14.9 Å². The smallest absolute Gasteiger partial charge is 0.333 e. The second-order valence-electron chi connectivity index (χ2n) is 4.88. The Kier molecular flexibility index (Phi) is 3.78. The number of methoxy groups -OCH3 is 1. The van der Waals surface area contributed by atoms with E-state index in [9.17, 15) is 14.9 Å². The van der Waals surface area contributed by atoms with Crippen molar-refractivity contribution in [1.82, 2.24) is 0 Å². The van der Waals surface area contributed by atoms with Crippen LogP contribution in [0.15, 0.2) is 18.2 Å². The van der Waals surface area contributed by atoms with Crippen LogP contribution >= 0.6 is 0 Å². The number of nitrogens with zero attached hydrogens (tertiary/aromatic N) is 2. The first kappa shape index (κ1) is 14.1. The number of carbonyl (C=O) groups is 1. The highest BCUT2D eigenvalue weighted by atomic mass is 16.6. The van der Waals surface area contributed by atoms with Crippen LogP contribution in [0.5, 0.6) is 5.75 Å². The molecule has 1 aromatic carbocycles. The number of para-hydroxylation sites is 1. The van der Waals surface area contributed by atoms with Gasteiger partial charge in [0.1, 0.15) is 5.69 Å². The number of nitro groups is 1. The van der Waals surface area contributed by atoms with Crippen molar-refractivity contribution >= 4 is 17.3 Å². The first-order valence-electron chi connectivity index (χ1n) is 6.24. The standard InChI is InChI=1S/C13H16N2O5/c1-8(13(16)17)9-6-14(7-9)10-4-3-5-11(20-2)12(10)15(18)19/h3-5,8-9H,6-7H2,1-2H3,(H,16,17). The molecule has 7 heteroatoms. The number of aliphatic carboxylic acids is 1. The van der Waals surface area contributed by atoms with Gasteiger partial charge in [0.25, 0.3) is 0 Å². The Bertz CT molecular complexity index is 540. The highest BCUT2D eigenvalue weighted by Crippen LogP contribution is 2.40. The Labute approximate surface area is 115 Å². The van der Waals surface area contributed by atoms with Crippen LogP contribution in [0, 0.1) is 22.0 Å². The Morgan fingerprint density at radius 2 is 2.20 bits per heavy atom. The molecule has 1 fully saturated rings. The molecule has 108 valence electrons. The lowest BCUT2D eigenvalue weighted by molar-refractivity contribution is -0.385. The average Bonchev–Trinajstić information content (AvgIpc) is 2.35.